The molecule has 0 bridgehead atoms. The van der Waals surface area contributed by atoms with Gasteiger partial charge in [0.15, 0.2) is 0 Å². The maximum Gasteiger partial charge on any atom is 0.268 e. The first kappa shape index (κ1) is 16.6. The molecule has 1 aromatic rings. The molecule has 0 aliphatic carbocycles. The summed E-state index contributed by atoms with van der Waals surface area (Å²) in [6.45, 7) is 10.4. The molecular weight excluding hydrogens is 330 g/mol. The van der Waals surface area contributed by atoms with Crippen LogP contribution in [0.4, 0.5) is 0 Å². The van der Waals surface area contributed by atoms with Crippen LogP contribution in [0.3, 0.4) is 0 Å². The van der Waals surface area contributed by atoms with Crippen LogP contribution in [0.1, 0.15) is 44.1 Å². The van der Waals surface area contributed by atoms with Crippen LogP contribution in [0.5, 0.6) is 0 Å². The van der Waals surface area contributed by atoms with Crippen molar-refractivity contribution < 1.29 is 4.79 Å². The molecule has 5 heteroatoms. The number of nitrogens with zero attached hydrogens (tertiary/aromatic N) is 2. The number of aryl methyl sites for hydroxylation is 1. The summed E-state index contributed by atoms with van der Waals surface area (Å²) in [6.07, 6.45) is 4.51. The van der Waals surface area contributed by atoms with Gasteiger partial charge in [-0.15, -0.1) is 0 Å². The maximum atomic E-state index is 12.4. The molecule has 2 rings (SSSR count). The smallest absolute Gasteiger partial charge is 0.268 e. The minimum absolute atomic E-state index is 0.0207. The van der Waals surface area contributed by atoms with E-state index in [9.17, 15) is 4.79 Å². The van der Waals surface area contributed by atoms with Crippen LogP contribution in [0, 0.1) is 5.92 Å². The van der Waals surface area contributed by atoms with Gasteiger partial charge in [-0.05, 0) is 60.8 Å². The molecule has 0 radical (unpaired) electrons. The summed E-state index contributed by atoms with van der Waals surface area (Å²) in [4.78, 5) is 14.9. The lowest BCUT2D eigenvalue weighted by Crippen LogP contribution is -2.45. The summed E-state index contributed by atoms with van der Waals surface area (Å²) < 4.78 is 2.93. The van der Waals surface area contributed by atoms with E-state index in [0.717, 1.165) is 36.3 Å². The van der Waals surface area contributed by atoms with Gasteiger partial charge in [0.25, 0.3) is 5.91 Å². The van der Waals surface area contributed by atoms with Crippen molar-refractivity contribution in [2.45, 2.75) is 46.2 Å². The third-order valence-electron chi connectivity index (χ3n) is 4.29. The highest BCUT2D eigenvalue weighted by molar-refractivity contribution is 9.10. The Morgan fingerprint density at radius 1 is 1.38 bits per heavy atom. The minimum Gasteiger partial charge on any atom is -0.349 e. The first-order valence-electron chi connectivity index (χ1n) is 7.90. The minimum atomic E-state index is 0.0207. The Bertz CT molecular complexity index is 478. The van der Waals surface area contributed by atoms with Crippen LogP contribution in [0.25, 0.3) is 0 Å². The number of rotatable bonds is 6. The molecule has 1 atom stereocenters. The number of hydrogen-bond donors (Lipinski definition) is 1. The number of halogens is 1. The quantitative estimate of drug-likeness (QED) is 0.850. The van der Waals surface area contributed by atoms with Gasteiger partial charge in [0.05, 0.1) is 0 Å². The second-order valence-corrected chi connectivity index (χ2v) is 7.01. The molecule has 1 aliphatic rings. The average molecular weight is 356 g/mol. The van der Waals surface area contributed by atoms with Crippen molar-refractivity contribution in [3.05, 3.63) is 22.4 Å². The lowest BCUT2D eigenvalue weighted by molar-refractivity contribution is 0.0918. The molecule has 2 heterocycles. The molecule has 1 amide bonds. The molecule has 1 fully saturated rings. The molecule has 1 saturated heterocycles. The summed E-state index contributed by atoms with van der Waals surface area (Å²) in [5, 5.41) is 3.12. The molecule has 118 valence electrons. The number of hydrogen-bond acceptors (Lipinski definition) is 2. The largest absolute Gasteiger partial charge is 0.349 e. The van der Waals surface area contributed by atoms with Gasteiger partial charge in [-0.1, -0.05) is 13.8 Å². The zero-order chi connectivity index (χ0) is 15.4. The van der Waals surface area contributed by atoms with Crippen LogP contribution in [-0.2, 0) is 6.54 Å². The van der Waals surface area contributed by atoms with Gasteiger partial charge in [-0.25, -0.2) is 0 Å². The topological polar surface area (TPSA) is 37.3 Å². The van der Waals surface area contributed by atoms with Crippen LogP contribution < -0.4 is 5.32 Å². The number of likely N-dealkylation sites (tertiary alicyclic amines) is 1. The van der Waals surface area contributed by atoms with Crippen molar-refractivity contribution >= 4 is 21.8 Å². The highest BCUT2D eigenvalue weighted by Crippen LogP contribution is 2.18. The van der Waals surface area contributed by atoms with Gasteiger partial charge < -0.3 is 9.88 Å². The fraction of sp³-hybridized carbons (Fsp3) is 0.688. The van der Waals surface area contributed by atoms with Gasteiger partial charge in [-0.2, -0.15) is 0 Å². The lowest BCUT2D eigenvalue weighted by atomic mass is 10.0. The number of carbonyl (C=O) groups excluding carboxylic acids is 1. The Labute approximate surface area is 136 Å². The fourth-order valence-electron chi connectivity index (χ4n) is 3.07. The number of carbonyl (C=O) groups is 1. The maximum absolute atomic E-state index is 12.4. The molecular formula is C16H26BrN3O. The summed E-state index contributed by atoms with van der Waals surface area (Å²) in [7, 11) is 0. The Hall–Kier alpha value is -0.810. The van der Waals surface area contributed by atoms with Gasteiger partial charge in [-0.3, -0.25) is 9.69 Å². The van der Waals surface area contributed by atoms with E-state index in [1.165, 1.54) is 12.8 Å². The SMILES string of the molecule is CCn1cc(Br)cc1C(=O)NCC(C(C)C)N1CCCC1. The van der Waals surface area contributed by atoms with E-state index in [2.05, 4.69) is 40.0 Å². The van der Waals surface area contributed by atoms with Crippen molar-refractivity contribution in [2.24, 2.45) is 5.92 Å². The monoisotopic (exact) mass is 355 g/mol. The zero-order valence-corrected chi connectivity index (χ0v) is 14.8. The Kier molecular flexibility index (Phi) is 5.88. The number of amides is 1. The Morgan fingerprint density at radius 2 is 2.05 bits per heavy atom. The van der Waals surface area contributed by atoms with Crippen LogP contribution in [-0.4, -0.2) is 41.1 Å². The van der Waals surface area contributed by atoms with E-state index in [0.29, 0.717) is 12.0 Å². The van der Waals surface area contributed by atoms with E-state index in [1.807, 2.05) is 23.8 Å². The highest BCUT2D eigenvalue weighted by atomic mass is 79.9. The second-order valence-electron chi connectivity index (χ2n) is 6.09. The Morgan fingerprint density at radius 3 is 2.62 bits per heavy atom. The normalized spacial score (nSPS) is 17.4. The van der Waals surface area contributed by atoms with Gasteiger partial charge in [0, 0.05) is 29.8 Å². The van der Waals surface area contributed by atoms with E-state index in [4.69, 9.17) is 0 Å². The molecule has 1 aromatic heterocycles. The van der Waals surface area contributed by atoms with E-state index >= 15 is 0 Å². The van der Waals surface area contributed by atoms with Crippen molar-refractivity contribution in [3.63, 3.8) is 0 Å². The summed E-state index contributed by atoms with van der Waals surface area (Å²) >= 11 is 3.44. The van der Waals surface area contributed by atoms with Crippen LogP contribution in [0.15, 0.2) is 16.7 Å². The zero-order valence-electron chi connectivity index (χ0n) is 13.2. The molecule has 0 aromatic carbocycles. The molecule has 0 saturated carbocycles. The van der Waals surface area contributed by atoms with Crippen LogP contribution in [0.2, 0.25) is 0 Å². The first-order chi connectivity index (χ1) is 10.0. The van der Waals surface area contributed by atoms with Gasteiger partial charge >= 0.3 is 0 Å². The number of nitrogens with one attached hydrogen (secondary N) is 1. The van der Waals surface area contributed by atoms with Crippen molar-refractivity contribution in [2.75, 3.05) is 19.6 Å². The third-order valence-corrected chi connectivity index (χ3v) is 4.72. The lowest BCUT2D eigenvalue weighted by Gasteiger charge is -2.31. The molecule has 21 heavy (non-hydrogen) atoms. The van der Waals surface area contributed by atoms with Crippen LogP contribution >= 0.6 is 15.9 Å². The van der Waals surface area contributed by atoms with Crippen molar-refractivity contribution in [1.29, 1.82) is 0 Å². The van der Waals surface area contributed by atoms with E-state index in [-0.39, 0.29) is 5.91 Å². The Balaban J connectivity index is 1.98. The van der Waals surface area contributed by atoms with E-state index in [1.54, 1.807) is 0 Å². The van der Waals surface area contributed by atoms with Gasteiger partial charge in [0.2, 0.25) is 0 Å². The average Bonchev–Trinajstić information content (AvgIpc) is 3.07. The highest BCUT2D eigenvalue weighted by Gasteiger charge is 2.25. The molecule has 1 unspecified atom stereocenters. The fourth-order valence-corrected chi connectivity index (χ4v) is 3.54. The molecule has 1 aliphatic heterocycles. The third kappa shape index (κ3) is 4.10. The van der Waals surface area contributed by atoms with E-state index < -0.39 is 0 Å². The van der Waals surface area contributed by atoms with Gasteiger partial charge in [0.1, 0.15) is 5.69 Å². The molecule has 4 nitrogen and oxygen atoms in total. The number of aromatic nitrogens is 1. The predicted molar refractivity (Wildman–Crippen MR) is 89.6 cm³/mol. The van der Waals surface area contributed by atoms with Crippen molar-refractivity contribution in [1.82, 2.24) is 14.8 Å². The molecule has 1 N–H and O–H groups in total. The molecule has 0 spiro atoms. The first-order valence-corrected chi connectivity index (χ1v) is 8.70. The van der Waals surface area contributed by atoms with Crippen molar-refractivity contribution in [3.8, 4) is 0 Å². The summed E-state index contributed by atoms with van der Waals surface area (Å²) in [5.74, 6) is 0.570. The standard InChI is InChI=1S/C16H26BrN3O/c1-4-19-11-13(17)9-14(19)16(21)18-10-15(12(2)3)20-7-5-6-8-20/h9,11-12,15H,4-8,10H2,1-3H3,(H,18,21). The predicted octanol–water partition coefficient (Wildman–Crippen LogP) is 3.12. The summed E-state index contributed by atoms with van der Waals surface area (Å²) in [5.41, 5.74) is 0.730. The second kappa shape index (κ2) is 7.45. The summed E-state index contributed by atoms with van der Waals surface area (Å²) in [6, 6.07) is 2.32.